The Morgan fingerprint density at radius 3 is 2.64 bits per heavy atom. The number of fused-ring (bicyclic) bond motifs is 1. The number of phenols is 1. The lowest BCUT2D eigenvalue weighted by atomic mass is 9.79. The molecule has 2 aromatic rings. The third kappa shape index (κ3) is 1.30. The van der Waals surface area contributed by atoms with Gasteiger partial charge in [0.15, 0.2) is 0 Å². The molecule has 0 fully saturated rings. The van der Waals surface area contributed by atoms with E-state index in [1.54, 1.807) is 0 Å². The van der Waals surface area contributed by atoms with E-state index in [1.807, 2.05) is 12.3 Å². The summed E-state index contributed by atoms with van der Waals surface area (Å²) in [6.07, 6.45) is 0. The average molecular weight is 208 g/mol. The first-order chi connectivity index (χ1) is 6.61. The molecule has 0 amide bonds. The molecular weight excluding hydrogens is 199 g/mol. The normalized spacial score (nSPS) is 10.8. The van der Waals surface area contributed by atoms with E-state index in [1.165, 1.54) is 23.5 Å². The third-order valence-electron chi connectivity index (χ3n) is 2.19. The molecule has 0 aliphatic carbocycles. The first-order valence-electron chi connectivity index (χ1n) is 4.17. The fourth-order valence-electron chi connectivity index (χ4n) is 1.51. The van der Waals surface area contributed by atoms with Gasteiger partial charge in [-0.25, -0.2) is 0 Å². The molecule has 3 N–H and O–H groups in total. The van der Waals surface area contributed by atoms with E-state index in [0.29, 0.717) is 10.8 Å². The van der Waals surface area contributed by atoms with Gasteiger partial charge >= 0.3 is 7.12 Å². The maximum Gasteiger partial charge on any atom is 0.489 e. The maximum atomic E-state index is 9.59. The highest BCUT2D eigenvalue weighted by Crippen LogP contribution is 2.31. The molecule has 1 aromatic carbocycles. The van der Waals surface area contributed by atoms with Crippen molar-refractivity contribution in [2.24, 2.45) is 0 Å². The zero-order chi connectivity index (χ0) is 10.3. The smallest absolute Gasteiger partial charge is 0.489 e. The van der Waals surface area contributed by atoms with Crippen molar-refractivity contribution < 1.29 is 15.2 Å². The van der Waals surface area contributed by atoms with Gasteiger partial charge in [0.05, 0.1) is 0 Å². The summed E-state index contributed by atoms with van der Waals surface area (Å²) in [6.45, 7) is 1.88. The molecule has 0 aliphatic heterocycles. The molecule has 0 bridgehead atoms. The second-order valence-electron chi connectivity index (χ2n) is 3.17. The first kappa shape index (κ1) is 9.52. The maximum absolute atomic E-state index is 9.59. The molecule has 14 heavy (non-hydrogen) atoms. The summed E-state index contributed by atoms with van der Waals surface area (Å²) in [5.41, 5.74) is 1.39. The number of thiophene rings is 1. The number of aromatic hydroxyl groups is 1. The van der Waals surface area contributed by atoms with Crippen LogP contribution in [0, 0.1) is 6.92 Å². The lowest BCUT2D eigenvalue weighted by Gasteiger charge is -2.03. The summed E-state index contributed by atoms with van der Waals surface area (Å²) in [5.74, 6) is 0.183. The van der Waals surface area contributed by atoms with Crippen LogP contribution in [0.15, 0.2) is 17.5 Å². The fraction of sp³-hybridized carbons (Fsp3) is 0.111. The van der Waals surface area contributed by atoms with E-state index in [-0.39, 0.29) is 5.75 Å². The molecular formula is C9H9BO3S. The second kappa shape index (κ2) is 3.27. The third-order valence-corrected chi connectivity index (χ3v) is 3.34. The number of aryl methyl sites for hydroxylation is 1. The number of benzene rings is 1. The molecule has 3 nitrogen and oxygen atoms in total. The lowest BCUT2D eigenvalue weighted by molar-refractivity contribution is 0.426. The summed E-state index contributed by atoms with van der Waals surface area (Å²) in [6, 6.07) is 3.01. The number of hydrogen-bond donors (Lipinski definition) is 3. The van der Waals surface area contributed by atoms with Crippen molar-refractivity contribution in [1.82, 2.24) is 0 Å². The van der Waals surface area contributed by atoms with Crippen molar-refractivity contribution in [2.45, 2.75) is 6.92 Å². The van der Waals surface area contributed by atoms with Crippen LogP contribution in [0.2, 0.25) is 0 Å². The van der Waals surface area contributed by atoms with Crippen LogP contribution in [-0.2, 0) is 0 Å². The van der Waals surface area contributed by atoms with Crippen LogP contribution in [0.25, 0.3) is 10.1 Å². The summed E-state index contributed by atoms with van der Waals surface area (Å²) >= 11 is 1.40. The van der Waals surface area contributed by atoms with Crippen LogP contribution in [0.1, 0.15) is 5.56 Å². The van der Waals surface area contributed by atoms with Crippen LogP contribution in [0.4, 0.5) is 0 Å². The van der Waals surface area contributed by atoms with Gasteiger partial charge in [-0.15, -0.1) is 11.3 Å². The van der Waals surface area contributed by atoms with Gasteiger partial charge in [0.25, 0.3) is 0 Å². The Labute approximate surface area is 85.4 Å². The van der Waals surface area contributed by atoms with E-state index in [9.17, 15) is 5.11 Å². The Kier molecular flexibility index (Phi) is 2.22. The van der Waals surface area contributed by atoms with Gasteiger partial charge in [0.1, 0.15) is 5.75 Å². The standard InChI is InChI=1S/C9H9BO3S/c1-5-4-14-9-6(10(12)13)2-3-7(11)8(5)9/h2-4,11-13H,1H3. The summed E-state index contributed by atoms with van der Waals surface area (Å²) < 4.78 is 0.734. The molecule has 5 heteroatoms. The van der Waals surface area contributed by atoms with Crippen LogP contribution < -0.4 is 5.46 Å². The van der Waals surface area contributed by atoms with Crippen LogP contribution in [0.5, 0.6) is 5.75 Å². The van der Waals surface area contributed by atoms with Crippen LogP contribution in [-0.4, -0.2) is 22.3 Å². The SMILES string of the molecule is Cc1csc2c(B(O)O)ccc(O)c12. The topological polar surface area (TPSA) is 60.7 Å². The zero-order valence-corrected chi connectivity index (χ0v) is 8.38. The van der Waals surface area contributed by atoms with Crippen molar-refractivity contribution in [1.29, 1.82) is 0 Å². The summed E-state index contributed by atoms with van der Waals surface area (Å²) in [4.78, 5) is 0. The molecule has 0 atom stereocenters. The Morgan fingerprint density at radius 2 is 2.00 bits per heavy atom. The molecule has 72 valence electrons. The minimum absolute atomic E-state index is 0.183. The van der Waals surface area contributed by atoms with Gasteiger partial charge in [-0.05, 0) is 23.9 Å². The highest BCUT2D eigenvalue weighted by atomic mass is 32.1. The average Bonchev–Trinajstić information content (AvgIpc) is 2.49. The predicted molar refractivity (Wildman–Crippen MR) is 58.1 cm³/mol. The fourth-order valence-corrected chi connectivity index (χ4v) is 2.61. The van der Waals surface area contributed by atoms with Gasteiger partial charge in [-0.2, -0.15) is 0 Å². The molecule has 1 aromatic heterocycles. The molecule has 0 radical (unpaired) electrons. The number of rotatable bonds is 1. The monoisotopic (exact) mass is 208 g/mol. The van der Waals surface area contributed by atoms with Gasteiger partial charge < -0.3 is 15.2 Å². The summed E-state index contributed by atoms with van der Waals surface area (Å²) in [5, 5.41) is 30.4. The second-order valence-corrected chi connectivity index (χ2v) is 4.05. The van der Waals surface area contributed by atoms with Crippen LogP contribution >= 0.6 is 11.3 Å². The Bertz CT molecular complexity index is 478. The molecule has 0 spiro atoms. The molecule has 0 saturated carbocycles. The predicted octanol–water partition coefficient (Wildman–Crippen LogP) is 0.595. The van der Waals surface area contributed by atoms with E-state index in [0.717, 1.165) is 10.3 Å². The first-order valence-corrected chi connectivity index (χ1v) is 5.05. The molecule has 0 saturated heterocycles. The van der Waals surface area contributed by atoms with Crippen molar-refractivity contribution in [3.8, 4) is 5.75 Å². The quantitative estimate of drug-likeness (QED) is 0.601. The van der Waals surface area contributed by atoms with Crippen molar-refractivity contribution in [3.63, 3.8) is 0 Å². The Hall–Kier alpha value is -1.04. The minimum Gasteiger partial charge on any atom is -0.507 e. The largest absolute Gasteiger partial charge is 0.507 e. The van der Waals surface area contributed by atoms with E-state index < -0.39 is 7.12 Å². The molecule has 0 unspecified atom stereocenters. The van der Waals surface area contributed by atoms with Crippen molar-refractivity contribution in [3.05, 3.63) is 23.1 Å². The van der Waals surface area contributed by atoms with Gasteiger partial charge in [0, 0.05) is 15.5 Å². The molecule has 2 rings (SSSR count). The Morgan fingerprint density at radius 1 is 1.29 bits per heavy atom. The molecule has 0 aliphatic rings. The van der Waals surface area contributed by atoms with E-state index in [2.05, 4.69) is 0 Å². The van der Waals surface area contributed by atoms with Gasteiger partial charge in [-0.1, -0.05) is 6.07 Å². The summed E-state index contributed by atoms with van der Waals surface area (Å²) in [7, 11) is -1.49. The number of hydrogen-bond acceptors (Lipinski definition) is 4. The highest BCUT2D eigenvalue weighted by molar-refractivity contribution is 7.19. The Balaban J connectivity index is 2.83. The van der Waals surface area contributed by atoms with Gasteiger partial charge in [-0.3, -0.25) is 0 Å². The van der Waals surface area contributed by atoms with Crippen molar-refractivity contribution >= 4 is 34.0 Å². The zero-order valence-electron chi connectivity index (χ0n) is 7.56. The van der Waals surface area contributed by atoms with Crippen molar-refractivity contribution in [2.75, 3.05) is 0 Å². The molecule has 1 heterocycles. The number of phenolic OH excluding ortho intramolecular Hbond substituents is 1. The van der Waals surface area contributed by atoms with E-state index in [4.69, 9.17) is 10.0 Å². The van der Waals surface area contributed by atoms with Gasteiger partial charge in [0.2, 0.25) is 0 Å². The lowest BCUT2D eigenvalue weighted by Crippen LogP contribution is -2.29. The van der Waals surface area contributed by atoms with Crippen LogP contribution in [0.3, 0.4) is 0 Å². The van der Waals surface area contributed by atoms with E-state index >= 15 is 0 Å². The highest BCUT2D eigenvalue weighted by Gasteiger charge is 2.18. The minimum atomic E-state index is -1.49.